The van der Waals surface area contributed by atoms with Crippen molar-refractivity contribution in [3.63, 3.8) is 0 Å². The number of anilines is 3. The summed E-state index contributed by atoms with van der Waals surface area (Å²) in [5, 5.41) is 13.7. The van der Waals surface area contributed by atoms with Crippen molar-refractivity contribution in [2.45, 2.75) is 184 Å². The van der Waals surface area contributed by atoms with Crippen LogP contribution in [0, 0.1) is 13.8 Å². The highest BCUT2D eigenvalue weighted by Crippen LogP contribution is 2.32. The highest BCUT2D eigenvalue weighted by atomic mass is 32.1. The SMILES string of the molecule is CC(C)(C)c1cccc(N)n1.CC(C)(C)c1coc(NC2CC2)n1.COc1nc(C(C)(C)C)cs1.Cc1csc(C(C)(C)C)n1.Cc1sc(NC(C)C)nc1C(C)(C)C. The Labute approximate surface area is 369 Å². The molecule has 1 saturated carbocycles. The Kier molecular flexibility index (Phi) is 18.6. The van der Waals surface area contributed by atoms with E-state index in [1.54, 1.807) is 53.4 Å². The number of aromatic nitrogens is 5. The number of nitrogens with two attached hydrogens (primary N) is 1. The van der Waals surface area contributed by atoms with E-state index in [2.05, 4.69) is 166 Å². The molecule has 0 amide bonds. The van der Waals surface area contributed by atoms with E-state index >= 15 is 0 Å². The molecule has 0 atom stereocenters. The number of nitrogen functional groups attached to an aromatic ring is 1. The molecule has 0 aliphatic heterocycles. The minimum Gasteiger partial charge on any atom is -0.473 e. The van der Waals surface area contributed by atoms with Crippen molar-refractivity contribution in [1.82, 2.24) is 24.9 Å². The molecule has 1 aliphatic carbocycles. The quantitative estimate of drug-likeness (QED) is 0.157. The van der Waals surface area contributed by atoms with E-state index in [0.29, 0.717) is 23.9 Å². The summed E-state index contributed by atoms with van der Waals surface area (Å²) in [6.07, 6.45) is 4.23. The van der Waals surface area contributed by atoms with E-state index in [-0.39, 0.29) is 27.1 Å². The maximum absolute atomic E-state index is 5.54. The van der Waals surface area contributed by atoms with Gasteiger partial charge < -0.3 is 25.5 Å². The summed E-state index contributed by atoms with van der Waals surface area (Å²) in [5.74, 6) is 0.595. The first kappa shape index (κ1) is 51.6. The molecule has 5 aromatic rings. The van der Waals surface area contributed by atoms with Crippen LogP contribution in [0.2, 0.25) is 0 Å². The van der Waals surface area contributed by atoms with Crippen LogP contribution >= 0.6 is 34.0 Å². The third-order valence-electron chi connectivity index (χ3n) is 8.32. The van der Waals surface area contributed by atoms with Crippen molar-refractivity contribution in [2.75, 3.05) is 23.5 Å². The maximum Gasteiger partial charge on any atom is 0.294 e. The van der Waals surface area contributed by atoms with Crippen molar-refractivity contribution >= 4 is 51.0 Å². The van der Waals surface area contributed by atoms with Crippen LogP contribution in [-0.2, 0) is 27.1 Å². The molecular formula is C46H76N8O2S3. The highest BCUT2D eigenvalue weighted by molar-refractivity contribution is 7.15. The Hall–Kier alpha value is -3.55. The fourth-order valence-electron chi connectivity index (χ4n) is 4.75. The molecule has 6 rings (SSSR count). The number of aryl methyl sites for hydroxylation is 2. The lowest BCUT2D eigenvalue weighted by atomic mass is 9.92. The molecule has 0 aromatic carbocycles. The van der Waals surface area contributed by atoms with Gasteiger partial charge in [-0.2, -0.15) is 4.98 Å². The number of hydrogen-bond donors (Lipinski definition) is 3. The first-order valence-electron chi connectivity index (χ1n) is 20.5. The highest BCUT2D eigenvalue weighted by Gasteiger charge is 2.25. The molecule has 1 aliphatic rings. The van der Waals surface area contributed by atoms with E-state index in [9.17, 15) is 0 Å². The Bertz CT molecular complexity index is 1970. The number of methoxy groups -OCH3 is 1. The lowest BCUT2D eigenvalue weighted by Gasteiger charge is -2.17. The third-order valence-corrected chi connectivity index (χ3v) is 11.4. The van der Waals surface area contributed by atoms with Crippen molar-refractivity contribution in [2.24, 2.45) is 0 Å². The number of nitrogens with zero attached hydrogens (tertiary/aromatic N) is 5. The van der Waals surface area contributed by atoms with E-state index in [0.717, 1.165) is 33.1 Å². The normalized spacial score (nSPS) is 13.1. The number of ether oxygens (including phenoxy) is 1. The lowest BCUT2D eigenvalue weighted by molar-refractivity contribution is 0.407. The topological polar surface area (TPSA) is 137 Å². The van der Waals surface area contributed by atoms with Gasteiger partial charge in [-0.25, -0.2) is 19.9 Å². The second-order valence-electron chi connectivity index (χ2n) is 20.4. The summed E-state index contributed by atoms with van der Waals surface area (Å²) in [6.45, 7) is 40.8. The van der Waals surface area contributed by atoms with Gasteiger partial charge in [0, 0.05) is 66.2 Å². The van der Waals surface area contributed by atoms with Gasteiger partial charge in [0.2, 0.25) is 0 Å². The largest absolute Gasteiger partial charge is 0.473 e. The second-order valence-corrected chi connectivity index (χ2v) is 23.3. The molecule has 4 N–H and O–H groups in total. The first-order valence-corrected chi connectivity index (χ1v) is 23.1. The summed E-state index contributed by atoms with van der Waals surface area (Å²) < 4.78 is 10.3. The monoisotopic (exact) mass is 869 g/mol. The maximum atomic E-state index is 5.54. The molecular weight excluding hydrogens is 793 g/mol. The fourth-order valence-corrected chi connectivity index (χ4v) is 7.67. The number of hydrogen-bond acceptors (Lipinski definition) is 13. The average Bonchev–Trinajstić information content (AvgIpc) is 3.51. The zero-order valence-corrected chi connectivity index (χ0v) is 42.3. The number of nitrogens with one attached hydrogen (secondary N) is 2. The zero-order chi connectivity index (χ0) is 45.1. The number of oxazole rings is 1. The van der Waals surface area contributed by atoms with Gasteiger partial charge >= 0.3 is 0 Å². The molecule has 59 heavy (non-hydrogen) atoms. The molecule has 330 valence electrons. The molecule has 5 heterocycles. The van der Waals surface area contributed by atoms with E-state index in [1.165, 1.54) is 28.4 Å². The molecule has 0 saturated heterocycles. The zero-order valence-electron chi connectivity index (χ0n) is 39.9. The van der Waals surface area contributed by atoms with Crippen LogP contribution in [0.3, 0.4) is 0 Å². The van der Waals surface area contributed by atoms with Gasteiger partial charge in [0.1, 0.15) is 12.1 Å². The third kappa shape index (κ3) is 19.1. The standard InChI is InChI=1S/C11H20N2S.C10H16N2O.C9H14N2.C8H13NOS.C8H13NS/c1-7(2)12-10-13-9(8(3)14-10)11(4,5)6;1-10(2,3)8-6-13-9(12-8)11-7-4-5-7;1-9(2,3)7-5-4-6-8(10)11-7;1-8(2,3)6-5-11-7(9-6)10-4;1-6-5-10-7(9-6)8(2,3)4/h7H,1-6H3,(H,12,13);6-7H,4-5H2,1-3H3,(H,11,12);4-6H,1-3H3,(H2,10,11);5H,1-4H3;5H,1-4H3. The van der Waals surface area contributed by atoms with Gasteiger partial charge in [-0.3, -0.25) is 0 Å². The van der Waals surface area contributed by atoms with Gasteiger partial charge in [-0.15, -0.1) is 22.7 Å². The Balaban J connectivity index is 0.000000256. The Morgan fingerprint density at radius 1 is 0.712 bits per heavy atom. The molecule has 5 aromatic heterocycles. The first-order chi connectivity index (χ1) is 26.9. The van der Waals surface area contributed by atoms with E-state index in [4.69, 9.17) is 14.9 Å². The molecule has 0 radical (unpaired) electrons. The summed E-state index contributed by atoms with van der Waals surface area (Å²) in [5.41, 5.74) is 11.7. The summed E-state index contributed by atoms with van der Waals surface area (Å²) in [4.78, 5) is 23.3. The second kappa shape index (κ2) is 21.3. The molecule has 0 bridgehead atoms. The predicted octanol–water partition coefficient (Wildman–Crippen LogP) is 13.3. The molecule has 0 unspecified atom stereocenters. The number of pyridine rings is 1. The van der Waals surface area contributed by atoms with Gasteiger partial charge in [0.25, 0.3) is 11.2 Å². The van der Waals surface area contributed by atoms with Crippen molar-refractivity contribution < 1.29 is 9.15 Å². The molecule has 0 spiro atoms. The summed E-state index contributed by atoms with van der Waals surface area (Å²) in [6, 6.07) is 7.46. The molecule has 10 nitrogen and oxygen atoms in total. The van der Waals surface area contributed by atoms with Gasteiger partial charge in [0.05, 0.1) is 29.2 Å². The molecule has 1 fully saturated rings. The lowest BCUT2D eigenvalue weighted by Crippen LogP contribution is -2.14. The van der Waals surface area contributed by atoms with Crippen LogP contribution in [-0.4, -0.2) is 44.1 Å². The van der Waals surface area contributed by atoms with Crippen LogP contribution in [0.15, 0.2) is 39.6 Å². The number of thiazole rings is 3. The Morgan fingerprint density at radius 2 is 1.31 bits per heavy atom. The van der Waals surface area contributed by atoms with Crippen LogP contribution in [0.25, 0.3) is 0 Å². The van der Waals surface area contributed by atoms with Crippen LogP contribution < -0.4 is 21.1 Å². The van der Waals surface area contributed by atoms with E-state index < -0.39 is 0 Å². The van der Waals surface area contributed by atoms with Crippen molar-refractivity contribution in [1.29, 1.82) is 0 Å². The van der Waals surface area contributed by atoms with Crippen LogP contribution in [0.4, 0.5) is 17.0 Å². The van der Waals surface area contributed by atoms with Crippen molar-refractivity contribution in [3.8, 4) is 5.19 Å². The predicted molar refractivity (Wildman–Crippen MR) is 256 cm³/mol. The Morgan fingerprint density at radius 3 is 1.64 bits per heavy atom. The minimum absolute atomic E-state index is 0.0764. The van der Waals surface area contributed by atoms with E-state index in [1.807, 2.05) is 24.4 Å². The number of rotatable bonds is 5. The summed E-state index contributed by atoms with van der Waals surface area (Å²) in [7, 11) is 1.64. The fraction of sp³-hybridized carbons (Fsp3) is 0.630. The van der Waals surface area contributed by atoms with Crippen LogP contribution in [0.5, 0.6) is 5.19 Å². The smallest absolute Gasteiger partial charge is 0.294 e. The van der Waals surface area contributed by atoms with Crippen LogP contribution in [0.1, 0.15) is 169 Å². The minimum atomic E-state index is 0.0764. The van der Waals surface area contributed by atoms with Gasteiger partial charge in [-0.1, -0.05) is 121 Å². The van der Waals surface area contributed by atoms with Gasteiger partial charge in [-0.05, 0) is 52.7 Å². The molecule has 13 heteroatoms. The summed E-state index contributed by atoms with van der Waals surface area (Å²) >= 11 is 5.04. The van der Waals surface area contributed by atoms with Crippen molar-refractivity contribution in [3.05, 3.63) is 73.6 Å². The average molecular weight is 869 g/mol. The van der Waals surface area contributed by atoms with Gasteiger partial charge in [0.15, 0.2) is 5.13 Å².